The summed E-state index contributed by atoms with van der Waals surface area (Å²) in [6, 6.07) is 25.9. The third-order valence-electron chi connectivity index (χ3n) is 5.37. The first-order valence-electron chi connectivity index (χ1n) is 11.3. The Kier molecular flexibility index (Phi) is 7.99. The van der Waals surface area contributed by atoms with Crippen LogP contribution in [0.25, 0.3) is 11.4 Å². The van der Waals surface area contributed by atoms with E-state index in [0.29, 0.717) is 13.2 Å². The highest BCUT2D eigenvalue weighted by Gasteiger charge is 2.15. The van der Waals surface area contributed by atoms with Crippen molar-refractivity contribution in [3.63, 3.8) is 0 Å². The predicted molar refractivity (Wildman–Crippen MR) is 136 cm³/mol. The SMILES string of the molecule is CCn1c(SCC(=O)NCc2ccccc2COc2ccccc2)nnc1-c1cccc(C)c1. The van der Waals surface area contributed by atoms with Crippen LogP contribution in [0, 0.1) is 6.92 Å². The largest absolute Gasteiger partial charge is 0.489 e. The summed E-state index contributed by atoms with van der Waals surface area (Å²) in [5.41, 5.74) is 4.29. The first kappa shape index (κ1) is 23.6. The number of amides is 1. The van der Waals surface area contributed by atoms with Crippen molar-refractivity contribution in [3.05, 3.63) is 95.6 Å². The number of carbonyl (C=O) groups excluding carboxylic acids is 1. The van der Waals surface area contributed by atoms with E-state index in [-0.39, 0.29) is 11.7 Å². The van der Waals surface area contributed by atoms with E-state index in [1.165, 1.54) is 17.3 Å². The van der Waals surface area contributed by atoms with Crippen LogP contribution in [0.3, 0.4) is 0 Å². The number of carbonyl (C=O) groups is 1. The van der Waals surface area contributed by atoms with Crippen LogP contribution in [-0.2, 0) is 24.5 Å². The summed E-state index contributed by atoms with van der Waals surface area (Å²) in [6.07, 6.45) is 0. The second-order valence-corrected chi connectivity index (χ2v) is 8.80. The quantitative estimate of drug-likeness (QED) is 0.319. The van der Waals surface area contributed by atoms with E-state index in [2.05, 4.69) is 41.5 Å². The Labute approximate surface area is 204 Å². The Hall–Kier alpha value is -3.58. The van der Waals surface area contributed by atoms with Crippen molar-refractivity contribution in [3.8, 4) is 17.1 Å². The highest BCUT2D eigenvalue weighted by Crippen LogP contribution is 2.24. The number of para-hydroxylation sites is 1. The van der Waals surface area contributed by atoms with E-state index >= 15 is 0 Å². The van der Waals surface area contributed by atoms with Gasteiger partial charge in [-0.1, -0.05) is 78.0 Å². The van der Waals surface area contributed by atoms with Crippen molar-refractivity contribution in [2.75, 3.05) is 5.75 Å². The predicted octanol–water partition coefficient (Wildman–Crippen LogP) is 5.26. The summed E-state index contributed by atoms with van der Waals surface area (Å²) < 4.78 is 7.93. The Morgan fingerprint density at radius 2 is 1.74 bits per heavy atom. The maximum absolute atomic E-state index is 12.6. The zero-order chi connectivity index (χ0) is 23.8. The monoisotopic (exact) mass is 472 g/mol. The van der Waals surface area contributed by atoms with Gasteiger partial charge < -0.3 is 14.6 Å². The van der Waals surface area contributed by atoms with Crippen LogP contribution in [-0.4, -0.2) is 26.4 Å². The zero-order valence-corrected chi connectivity index (χ0v) is 20.2. The number of nitrogens with zero attached hydrogens (tertiary/aromatic N) is 3. The lowest BCUT2D eigenvalue weighted by Gasteiger charge is -2.12. The molecule has 0 saturated heterocycles. The summed E-state index contributed by atoms with van der Waals surface area (Å²) in [5, 5.41) is 12.5. The average molecular weight is 473 g/mol. The summed E-state index contributed by atoms with van der Waals surface area (Å²) in [7, 11) is 0. The van der Waals surface area contributed by atoms with Gasteiger partial charge in [-0.05, 0) is 43.2 Å². The van der Waals surface area contributed by atoms with Gasteiger partial charge in [0, 0.05) is 18.7 Å². The van der Waals surface area contributed by atoms with Gasteiger partial charge in [0.05, 0.1) is 5.75 Å². The number of aromatic nitrogens is 3. The molecule has 0 aliphatic carbocycles. The van der Waals surface area contributed by atoms with Crippen LogP contribution in [0.15, 0.2) is 84.0 Å². The van der Waals surface area contributed by atoms with Gasteiger partial charge in [-0.15, -0.1) is 10.2 Å². The maximum atomic E-state index is 12.6. The fourth-order valence-electron chi connectivity index (χ4n) is 3.60. The van der Waals surface area contributed by atoms with E-state index in [1.807, 2.05) is 71.3 Å². The van der Waals surface area contributed by atoms with Gasteiger partial charge in [-0.25, -0.2) is 0 Å². The Morgan fingerprint density at radius 1 is 0.971 bits per heavy atom. The van der Waals surface area contributed by atoms with Crippen molar-refractivity contribution in [1.29, 1.82) is 0 Å². The second kappa shape index (κ2) is 11.5. The number of benzene rings is 3. The number of hydrogen-bond acceptors (Lipinski definition) is 5. The van der Waals surface area contributed by atoms with E-state index in [0.717, 1.165) is 40.0 Å². The van der Waals surface area contributed by atoms with Gasteiger partial charge in [0.25, 0.3) is 0 Å². The summed E-state index contributed by atoms with van der Waals surface area (Å²) in [6.45, 7) is 5.74. The van der Waals surface area contributed by atoms with Crippen molar-refractivity contribution < 1.29 is 9.53 Å². The number of aryl methyl sites for hydroxylation is 1. The summed E-state index contributed by atoms with van der Waals surface area (Å²) in [5.74, 6) is 1.87. The minimum atomic E-state index is -0.0495. The van der Waals surface area contributed by atoms with Crippen LogP contribution >= 0.6 is 11.8 Å². The molecule has 4 rings (SSSR count). The van der Waals surface area contributed by atoms with Gasteiger partial charge >= 0.3 is 0 Å². The number of hydrogen-bond donors (Lipinski definition) is 1. The normalized spacial score (nSPS) is 10.8. The van der Waals surface area contributed by atoms with Crippen LogP contribution in [0.1, 0.15) is 23.6 Å². The highest BCUT2D eigenvalue weighted by molar-refractivity contribution is 7.99. The van der Waals surface area contributed by atoms with Gasteiger partial charge in [-0.3, -0.25) is 4.79 Å². The molecule has 7 heteroatoms. The number of nitrogens with one attached hydrogen (secondary N) is 1. The van der Waals surface area contributed by atoms with E-state index in [1.54, 1.807) is 0 Å². The molecule has 0 bridgehead atoms. The van der Waals surface area contributed by atoms with E-state index in [9.17, 15) is 4.79 Å². The standard InChI is InChI=1S/C27H28N4O2S/c1-3-31-26(21-13-9-10-20(2)16-21)29-30-27(31)34-19-25(32)28-17-22-11-7-8-12-23(22)18-33-24-14-5-4-6-15-24/h4-16H,3,17-19H2,1-2H3,(H,28,32). The lowest BCUT2D eigenvalue weighted by molar-refractivity contribution is -0.118. The molecule has 6 nitrogen and oxygen atoms in total. The molecule has 0 saturated carbocycles. The van der Waals surface area contributed by atoms with Crippen molar-refractivity contribution in [1.82, 2.24) is 20.1 Å². The van der Waals surface area contributed by atoms with Crippen LogP contribution in [0.4, 0.5) is 0 Å². The number of ether oxygens (including phenoxy) is 1. The molecule has 0 radical (unpaired) electrons. The Bertz CT molecular complexity index is 1240. The van der Waals surface area contributed by atoms with Gasteiger partial charge in [-0.2, -0.15) is 0 Å². The molecule has 1 aromatic heterocycles. The van der Waals surface area contributed by atoms with Crippen molar-refractivity contribution >= 4 is 17.7 Å². The molecule has 4 aromatic rings. The second-order valence-electron chi connectivity index (χ2n) is 7.86. The van der Waals surface area contributed by atoms with Crippen LogP contribution in [0.2, 0.25) is 0 Å². The Morgan fingerprint density at radius 3 is 2.50 bits per heavy atom. The van der Waals surface area contributed by atoms with Gasteiger partial charge in [0.15, 0.2) is 11.0 Å². The van der Waals surface area contributed by atoms with Gasteiger partial charge in [0.2, 0.25) is 5.91 Å². The lowest BCUT2D eigenvalue weighted by Crippen LogP contribution is -2.25. The highest BCUT2D eigenvalue weighted by atomic mass is 32.2. The molecular weight excluding hydrogens is 444 g/mol. The number of rotatable bonds is 10. The topological polar surface area (TPSA) is 69.0 Å². The minimum absolute atomic E-state index is 0.0495. The summed E-state index contributed by atoms with van der Waals surface area (Å²) in [4.78, 5) is 12.6. The van der Waals surface area contributed by atoms with Crippen LogP contribution in [0.5, 0.6) is 5.75 Å². The molecule has 1 amide bonds. The molecule has 174 valence electrons. The molecule has 34 heavy (non-hydrogen) atoms. The maximum Gasteiger partial charge on any atom is 0.230 e. The minimum Gasteiger partial charge on any atom is -0.489 e. The molecule has 0 unspecified atom stereocenters. The average Bonchev–Trinajstić information content (AvgIpc) is 3.29. The van der Waals surface area contributed by atoms with Crippen LogP contribution < -0.4 is 10.1 Å². The fourth-order valence-corrected chi connectivity index (χ4v) is 4.43. The smallest absolute Gasteiger partial charge is 0.230 e. The Balaban J connectivity index is 1.33. The van der Waals surface area contributed by atoms with Crippen molar-refractivity contribution in [2.24, 2.45) is 0 Å². The fraction of sp³-hybridized carbons (Fsp3) is 0.222. The third kappa shape index (κ3) is 6.05. The molecule has 3 aromatic carbocycles. The van der Waals surface area contributed by atoms with Crippen molar-refractivity contribution in [2.45, 2.75) is 38.7 Å². The molecular formula is C27H28N4O2S. The first-order valence-corrected chi connectivity index (χ1v) is 12.3. The van der Waals surface area contributed by atoms with Gasteiger partial charge in [0.1, 0.15) is 12.4 Å². The molecule has 1 heterocycles. The van der Waals surface area contributed by atoms with E-state index < -0.39 is 0 Å². The van der Waals surface area contributed by atoms with E-state index in [4.69, 9.17) is 4.74 Å². The first-order chi connectivity index (χ1) is 16.6. The molecule has 0 spiro atoms. The summed E-state index contributed by atoms with van der Waals surface area (Å²) >= 11 is 1.40. The lowest BCUT2D eigenvalue weighted by atomic mass is 10.1. The molecule has 1 N–H and O–H groups in total. The molecule has 0 aliphatic heterocycles. The molecule has 0 atom stereocenters. The molecule has 0 aliphatic rings. The third-order valence-corrected chi connectivity index (χ3v) is 6.34. The zero-order valence-electron chi connectivity index (χ0n) is 19.4. The molecule has 0 fully saturated rings. The number of thioether (sulfide) groups is 1.